The first-order chi connectivity index (χ1) is 9.04. The lowest BCUT2D eigenvalue weighted by atomic mass is 10.2. The van der Waals surface area contributed by atoms with Gasteiger partial charge in [0.15, 0.2) is 0 Å². The van der Waals surface area contributed by atoms with Gasteiger partial charge < -0.3 is 10.4 Å². The third-order valence-electron chi connectivity index (χ3n) is 2.16. The first-order valence-electron chi connectivity index (χ1n) is 5.34. The number of rotatable bonds is 5. The minimum absolute atomic E-state index is 0.122. The zero-order valence-corrected chi connectivity index (χ0v) is 10.3. The molecule has 1 aromatic rings. The number of hydrogen-bond acceptors (Lipinski definition) is 4. The summed E-state index contributed by atoms with van der Waals surface area (Å²) >= 11 is 0. The van der Waals surface area contributed by atoms with Crippen LogP contribution in [-0.4, -0.2) is 28.7 Å². The number of aliphatic carboxylic acids is 1. The Labute approximate surface area is 110 Å². The molecule has 1 amide bonds. The molecule has 0 saturated carbocycles. The maximum Gasteiger partial charge on any atom is 0.331 e. The second kappa shape index (κ2) is 6.85. The summed E-state index contributed by atoms with van der Waals surface area (Å²) in [6, 6.07) is 3.23. The van der Waals surface area contributed by atoms with E-state index in [0.717, 1.165) is 0 Å². The number of carbonyl (C=O) groups excluding carboxylic acids is 1. The third kappa shape index (κ3) is 4.55. The van der Waals surface area contributed by atoms with Crippen LogP contribution in [0.2, 0.25) is 0 Å². The van der Waals surface area contributed by atoms with Crippen molar-refractivity contribution < 1.29 is 14.7 Å². The van der Waals surface area contributed by atoms with E-state index in [1.54, 1.807) is 18.3 Å². The Morgan fingerprint density at radius 3 is 2.74 bits per heavy atom. The quantitative estimate of drug-likeness (QED) is 0.475. The van der Waals surface area contributed by atoms with Gasteiger partial charge in [0, 0.05) is 18.0 Å². The largest absolute Gasteiger partial charge is 0.478 e. The molecular formula is C13H13N3O3. The Hall–Kier alpha value is -2.76. The highest BCUT2D eigenvalue weighted by Crippen LogP contribution is 2.01. The van der Waals surface area contributed by atoms with Crippen LogP contribution in [0.1, 0.15) is 17.3 Å². The molecule has 0 spiro atoms. The second-order valence-electron chi connectivity index (χ2n) is 3.56. The van der Waals surface area contributed by atoms with Crippen molar-refractivity contribution in [1.29, 1.82) is 0 Å². The summed E-state index contributed by atoms with van der Waals surface area (Å²) in [5.74, 6) is -1.28. The van der Waals surface area contributed by atoms with Gasteiger partial charge in [0.25, 0.3) is 5.91 Å². The van der Waals surface area contributed by atoms with Crippen molar-refractivity contribution in [2.75, 3.05) is 0 Å². The molecule has 98 valence electrons. The standard InChI is InChI=1S/C13H13N3O3/c1-9(13(18)19)5-6-11(14-2)16-12(17)10-4-3-7-15-8-10/h3-8H,2H2,1H3,(H,16,17)(H,18,19)/b9-5+,11-6+. The highest BCUT2D eigenvalue weighted by Gasteiger charge is 2.06. The van der Waals surface area contributed by atoms with Crippen LogP contribution in [0.15, 0.2) is 53.1 Å². The predicted octanol–water partition coefficient (Wildman–Crippen LogP) is 1.38. The summed E-state index contributed by atoms with van der Waals surface area (Å²) in [5, 5.41) is 11.2. The molecule has 0 aliphatic heterocycles. The molecule has 0 aliphatic carbocycles. The van der Waals surface area contributed by atoms with Gasteiger partial charge in [-0.2, -0.15) is 0 Å². The first kappa shape index (κ1) is 14.3. The number of aromatic nitrogens is 1. The molecule has 0 saturated heterocycles. The summed E-state index contributed by atoms with van der Waals surface area (Å²) in [6.07, 6.45) is 5.66. The Bertz CT molecular complexity index is 548. The number of carboxylic acids is 1. The normalized spacial score (nSPS) is 11.8. The Morgan fingerprint density at radius 2 is 2.21 bits per heavy atom. The summed E-state index contributed by atoms with van der Waals surface area (Å²) in [7, 11) is 0. The van der Waals surface area contributed by atoms with Crippen LogP contribution >= 0.6 is 0 Å². The molecular weight excluding hydrogens is 246 g/mol. The molecule has 1 rings (SSSR count). The van der Waals surface area contributed by atoms with Crippen LogP contribution in [0.4, 0.5) is 0 Å². The van der Waals surface area contributed by atoms with Crippen molar-refractivity contribution in [3.63, 3.8) is 0 Å². The first-order valence-corrected chi connectivity index (χ1v) is 5.34. The van der Waals surface area contributed by atoms with Gasteiger partial charge in [0.05, 0.1) is 5.56 Å². The van der Waals surface area contributed by atoms with Crippen molar-refractivity contribution in [2.24, 2.45) is 4.99 Å². The fourth-order valence-electron chi connectivity index (χ4n) is 1.09. The average molecular weight is 259 g/mol. The molecule has 1 aromatic heterocycles. The molecule has 1 heterocycles. The van der Waals surface area contributed by atoms with Crippen molar-refractivity contribution >= 4 is 18.6 Å². The number of amides is 1. The number of aliphatic imine (C=N–C) groups is 1. The molecule has 0 unspecified atom stereocenters. The number of allylic oxidation sites excluding steroid dienone is 2. The van der Waals surface area contributed by atoms with Crippen molar-refractivity contribution in [3.8, 4) is 0 Å². The fraction of sp³-hybridized carbons (Fsp3) is 0.0769. The number of pyridine rings is 1. The topological polar surface area (TPSA) is 91.6 Å². The number of hydrogen-bond donors (Lipinski definition) is 2. The zero-order chi connectivity index (χ0) is 14.3. The van der Waals surface area contributed by atoms with Crippen molar-refractivity contribution in [2.45, 2.75) is 6.92 Å². The Morgan fingerprint density at radius 1 is 1.47 bits per heavy atom. The molecule has 6 nitrogen and oxygen atoms in total. The zero-order valence-electron chi connectivity index (χ0n) is 10.3. The van der Waals surface area contributed by atoms with Crippen molar-refractivity contribution in [1.82, 2.24) is 10.3 Å². The van der Waals surface area contributed by atoms with Crippen molar-refractivity contribution in [3.05, 3.63) is 53.6 Å². The van der Waals surface area contributed by atoms with Gasteiger partial charge in [-0.3, -0.25) is 9.78 Å². The predicted molar refractivity (Wildman–Crippen MR) is 70.7 cm³/mol. The van der Waals surface area contributed by atoms with Gasteiger partial charge in [-0.05, 0) is 37.9 Å². The summed E-state index contributed by atoms with van der Waals surface area (Å²) in [5.41, 5.74) is 0.493. The number of nitrogens with zero attached hydrogens (tertiary/aromatic N) is 2. The number of carbonyl (C=O) groups is 2. The van der Waals surface area contributed by atoms with Crippen LogP contribution in [0.3, 0.4) is 0 Å². The van der Waals surface area contributed by atoms with E-state index in [1.165, 1.54) is 25.3 Å². The monoisotopic (exact) mass is 259 g/mol. The lowest BCUT2D eigenvalue weighted by Crippen LogP contribution is -2.21. The molecule has 0 atom stereocenters. The van der Waals surface area contributed by atoms with E-state index in [1.807, 2.05) is 0 Å². The second-order valence-corrected chi connectivity index (χ2v) is 3.56. The molecule has 0 fully saturated rings. The highest BCUT2D eigenvalue weighted by molar-refractivity contribution is 5.95. The van der Waals surface area contributed by atoms with E-state index in [9.17, 15) is 9.59 Å². The van der Waals surface area contributed by atoms with E-state index < -0.39 is 11.9 Å². The van der Waals surface area contributed by atoms with E-state index in [4.69, 9.17) is 5.11 Å². The lowest BCUT2D eigenvalue weighted by Gasteiger charge is -2.03. The molecule has 0 aliphatic rings. The number of carboxylic acid groups (broad SMARTS) is 1. The number of nitrogens with one attached hydrogen (secondary N) is 1. The lowest BCUT2D eigenvalue weighted by molar-refractivity contribution is -0.132. The molecule has 0 bridgehead atoms. The maximum atomic E-state index is 11.8. The summed E-state index contributed by atoms with van der Waals surface area (Å²) < 4.78 is 0. The van der Waals surface area contributed by atoms with Gasteiger partial charge in [-0.15, -0.1) is 0 Å². The smallest absolute Gasteiger partial charge is 0.331 e. The van der Waals surface area contributed by atoms with Crippen LogP contribution in [-0.2, 0) is 4.79 Å². The molecule has 6 heteroatoms. The van der Waals surface area contributed by atoms with E-state index in [0.29, 0.717) is 5.56 Å². The molecule has 0 aromatic carbocycles. The van der Waals surface area contributed by atoms with Crippen LogP contribution in [0.5, 0.6) is 0 Å². The summed E-state index contributed by atoms with van der Waals surface area (Å²) in [6.45, 7) is 4.74. The average Bonchev–Trinajstić information content (AvgIpc) is 2.43. The molecule has 2 N–H and O–H groups in total. The molecule has 19 heavy (non-hydrogen) atoms. The Balaban J connectivity index is 2.81. The van der Waals surface area contributed by atoms with E-state index in [-0.39, 0.29) is 11.4 Å². The maximum absolute atomic E-state index is 11.8. The van der Waals surface area contributed by atoms with E-state index in [2.05, 4.69) is 22.0 Å². The third-order valence-corrected chi connectivity index (χ3v) is 2.16. The highest BCUT2D eigenvalue weighted by atomic mass is 16.4. The van der Waals surface area contributed by atoms with E-state index >= 15 is 0 Å². The minimum Gasteiger partial charge on any atom is -0.478 e. The van der Waals surface area contributed by atoms with Gasteiger partial charge in [-0.25, -0.2) is 9.79 Å². The van der Waals surface area contributed by atoms with Gasteiger partial charge in [0.2, 0.25) is 0 Å². The van der Waals surface area contributed by atoms with Gasteiger partial charge in [-0.1, -0.05) is 0 Å². The fourth-order valence-corrected chi connectivity index (χ4v) is 1.09. The Kier molecular flexibility index (Phi) is 5.16. The van der Waals surface area contributed by atoms with Crippen LogP contribution in [0, 0.1) is 0 Å². The van der Waals surface area contributed by atoms with Crippen LogP contribution in [0.25, 0.3) is 0 Å². The van der Waals surface area contributed by atoms with Gasteiger partial charge in [0.1, 0.15) is 5.82 Å². The van der Waals surface area contributed by atoms with Crippen LogP contribution < -0.4 is 5.32 Å². The summed E-state index contributed by atoms with van der Waals surface area (Å²) in [4.78, 5) is 29.8. The molecule has 0 radical (unpaired) electrons. The van der Waals surface area contributed by atoms with Gasteiger partial charge >= 0.3 is 5.97 Å². The SMILES string of the molecule is C=N/C(=C\C=C(/C)C(=O)O)NC(=O)c1cccnc1. The minimum atomic E-state index is -1.04.